The molecule has 152 valence electrons. The number of aromatic nitrogens is 4. The summed E-state index contributed by atoms with van der Waals surface area (Å²) >= 11 is 1.38. The lowest BCUT2D eigenvalue weighted by Gasteiger charge is -2.04. The number of imidazole rings is 1. The van der Waals surface area contributed by atoms with Crippen molar-refractivity contribution in [1.82, 2.24) is 19.7 Å². The quantitative estimate of drug-likeness (QED) is 0.441. The molecule has 4 aromatic rings. The van der Waals surface area contributed by atoms with Gasteiger partial charge < -0.3 is 10.3 Å². The Hall–Kier alpha value is -3.32. The maximum Gasteiger partial charge on any atom is 0.234 e. The summed E-state index contributed by atoms with van der Waals surface area (Å²) in [6, 6.07) is 20.2. The second-order valence-electron chi connectivity index (χ2n) is 7.00. The lowest BCUT2D eigenvalue weighted by molar-refractivity contribution is -0.113. The molecule has 0 fully saturated rings. The van der Waals surface area contributed by atoms with Crippen LogP contribution in [0, 0.1) is 13.8 Å². The van der Waals surface area contributed by atoms with Crippen LogP contribution in [0.4, 0.5) is 5.69 Å². The standard InChI is InChI=1S/C23H23N5OS/c1-15-20(16(2)28(3)27-15)24-19(29)14-30-23-25-21(17-10-6-4-7-11-17)22(26-23)18-12-8-5-9-13-18/h4-13H,14H2,1-3H3,(H,24,29)(H,25,26). The average molecular weight is 418 g/mol. The summed E-state index contributed by atoms with van der Waals surface area (Å²) in [5.74, 6) is 0.169. The Balaban J connectivity index is 1.55. The van der Waals surface area contributed by atoms with E-state index in [0.29, 0.717) is 5.16 Å². The molecule has 0 aliphatic carbocycles. The second kappa shape index (κ2) is 8.59. The second-order valence-corrected chi connectivity index (χ2v) is 7.97. The third-order valence-electron chi connectivity index (χ3n) is 4.91. The van der Waals surface area contributed by atoms with Crippen molar-refractivity contribution in [3.63, 3.8) is 0 Å². The van der Waals surface area contributed by atoms with Crippen LogP contribution in [-0.2, 0) is 11.8 Å². The number of nitrogens with one attached hydrogen (secondary N) is 2. The molecular formula is C23H23N5OS. The summed E-state index contributed by atoms with van der Waals surface area (Å²) in [7, 11) is 1.87. The van der Waals surface area contributed by atoms with Crippen molar-refractivity contribution in [3.05, 3.63) is 72.1 Å². The van der Waals surface area contributed by atoms with Crippen molar-refractivity contribution in [2.75, 3.05) is 11.1 Å². The van der Waals surface area contributed by atoms with Crippen molar-refractivity contribution in [3.8, 4) is 22.5 Å². The van der Waals surface area contributed by atoms with Gasteiger partial charge in [-0.1, -0.05) is 72.4 Å². The molecule has 0 atom stereocenters. The maximum atomic E-state index is 12.5. The number of hydrogen-bond donors (Lipinski definition) is 2. The number of hydrogen-bond acceptors (Lipinski definition) is 4. The molecule has 0 unspecified atom stereocenters. The number of aromatic amines is 1. The number of nitrogens with zero attached hydrogens (tertiary/aromatic N) is 3. The Bertz CT molecular complexity index is 1110. The maximum absolute atomic E-state index is 12.5. The summed E-state index contributed by atoms with van der Waals surface area (Å²) in [6.45, 7) is 3.83. The van der Waals surface area contributed by atoms with Crippen molar-refractivity contribution in [2.24, 2.45) is 7.05 Å². The van der Waals surface area contributed by atoms with Gasteiger partial charge in [0, 0.05) is 18.2 Å². The van der Waals surface area contributed by atoms with Crippen LogP contribution in [-0.4, -0.2) is 31.4 Å². The van der Waals surface area contributed by atoms with Gasteiger partial charge in [-0.25, -0.2) is 4.98 Å². The molecule has 1 amide bonds. The number of benzene rings is 2. The Morgan fingerprint density at radius 2 is 1.67 bits per heavy atom. The SMILES string of the molecule is Cc1nn(C)c(C)c1NC(=O)CSc1nc(-c2ccccc2)c(-c2ccccc2)[nH]1. The van der Waals surface area contributed by atoms with E-state index < -0.39 is 0 Å². The smallest absolute Gasteiger partial charge is 0.234 e. The van der Waals surface area contributed by atoms with Crippen LogP contribution in [0.3, 0.4) is 0 Å². The van der Waals surface area contributed by atoms with E-state index in [9.17, 15) is 4.79 Å². The van der Waals surface area contributed by atoms with E-state index in [2.05, 4.69) is 27.5 Å². The zero-order valence-electron chi connectivity index (χ0n) is 17.1. The van der Waals surface area contributed by atoms with Crippen LogP contribution in [0.2, 0.25) is 0 Å². The predicted molar refractivity (Wildman–Crippen MR) is 121 cm³/mol. The minimum atomic E-state index is -0.0851. The van der Waals surface area contributed by atoms with Crippen LogP contribution in [0.15, 0.2) is 65.8 Å². The number of rotatable bonds is 6. The summed E-state index contributed by atoms with van der Waals surface area (Å²) < 4.78 is 1.77. The molecule has 0 radical (unpaired) electrons. The van der Waals surface area contributed by atoms with Gasteiger partial charge in [0.25, 0.3) is 0 Å². The minimum absolute atomic E-state index is 0.0851. The van der Waals surface area contributed by atoms with Gasteiger partial charge in [-0.05, 0) is 13.8 Å². The first-order chi connectivity index (χ1) is 14.5. The molecule has 0 spiro atoms. The Morgan fingerprint density at radius 3 is 2.27 bits per heavy atom. The zero-order chi connectivity index (χ0) is 21.1. The first kappa shape index (κ1) is 20.0. The van der Waals surface area contributed by atoms with Gasteiger partial charge in [-0.15, -0.1) is 0 Å². The Morgan fingerprint density at radius 1 is 1.03 bits per heavy atom. The van der Waals surface area contributed by atoms with Gasteiger partial charge in [-0.3, -0.25) is 9.48 Å². The molecule has 0 aliphatic heterocycles. The number of carbonyl (C=O) groups is 1. The van der Waals surface area contributed by atoms with Gasteiger partial charge >= 0.3 is 0 Å². The molecule has 2 N–H and O–H groups in total. The predicted octanol–water partition coefficient (Wildman–Crippen LogP) is 4.82. The van der Waals surface area contributed by atoms with E-state index in [-0.39, 0.29) is 11.7 Å². The summed E-state index contributed by atoms with van der Waals surface area (Å²) in [6.07, 6.45) is 0. The molecule has 7 heteroatoms. The molecule has 6 nitrogen and oxygen atoms in total. The summed E-state index contributed by atoms with van der Waals surface area (Å²) in [4.78, 5) is 20.7. The largest absolute Gasteiger partial charge is 0.332 e. The minimum Gasteiger partial charge on any atom is -0.332 e. The fourth-order valence-electron chi connectivity index (χ4n) is 3.30. The lowest BCUT2D eigenvalue weighted by atomic mass is 10.1. The Kier molecular flexibility index (Phi) is 5.72. The molecule has 0 saturated carbocycles. The molecular weight excluding hydrogens is 394 g/mol. The van der Waals surface area contributed by atoms with Crippen molar-refractivity contribution in [1.29, 1.82) is 0 Å². The molecule has 0 bridgehead atoms. The van der Waals surface area contributed by atoms with E-state index in [0.717, 1.165) is 39.6 Å². The number of carbonyl (C=O) groups excluding carboxylic acids is 1. The van der Waals surface area contributed by atoms with E-state index in [1.165, 1.54) is 11.8 Å². The fourth-order valence-corrected chi connectivity index (χ4v) is 3.97. The van der Waals surface area contributed by atoms with Gasteiger partial charge in [-0.2, -0.15) is 5.10 Å². The van der Waals surface area contributed by atoms with Gasteiger partial charge in [0.2, 0.25) is 5.91 Å². The monoisotopic (exact) mass is 417 g/mol. The third-order valence-corrected chi connectivity index (χ3v) is 5.78. The number of H-pyrrole nitrogens is 1. The number of aryl methyl sites for hydroxylation is 2. The lowest BCUT2D eigenvalue weighted by Crippen LogP contribution is -2.15. The highest BCUT2D eigenvalue weighted by atomic mass is 32.2. The first-order valence-corrected chi connectivity index (χ1v) is 10.6. The molecule has 2 aromatic carbocycles. The third kappa shape index (κ3) is 4.16. The molecule has 4 rings (SSSR count). The highest BCUT2D eigenvalue weighted by Gasteiger charge is 2.16. The van der Waals surface area contributed by atoms with Crippen LogP contribution < -0.4 is 5.32 Å². The van der Waals surface area contributed by atoms with Crippen LogP contribution in [0.1, 0.15) is 11.4 Å². The molecule has 0 aliphatic rings. The highest BCUT2D eigenvalue weighted by Crippen LogP contribution is 2.32. The van der Waals surface area contributed by atoms with Crippen molar-refractivity contribution >= 4 is 23.4 Å². The van der Waals surface area contributed by atoms with Gasteiger partial charge in [0.1, 0.15) is 0 Å². The first-order valence-electron chi connectivity index (χ1n) is 9.66. The van der Waals surface area contributed by atoms with E-state index in [1.807, 2.05) is 69.4 Å². The highest BCUT2D eigenvalue weighted by molar-refractivity contribution is 7.99. The van der Waals surface area contributed by atoms with E-state index >= 15 is 0 Å². The Labute approximate surface area is 179 Å². The normalized spacial score (nSPS) is 10.9. The average Bonchev–Trinajstić information content (AvgIpc) is 3.30. The number of amides is 1. The van der Waals surface area contributed by atoms with E-state index in [1.54, 1.807) is 4.68 Å². The summed E-state index contributed by atoms with van der Waals surface area (Å²) in [5.41, 5.74) is 6.43. The van der Waals surface area contributed by atoms with Crippen molar-refractivity contribution in [2.45, 2.75) is 19.0 Å². The van der Waals surface area contributed by atoms with Crippen molar-refractivity contribution < 1.29 is 4.79 Å². The molecule has 2 heterocycles. The summed E-state index contributed by atoms with van der Waals surface area (Å²) in [5, 5.41) is 8.02. The fraction of sp³-hybridized carbons (Fsp3) is 0.174. The number of anilines is 1. The van der Waals surface area contributed by atoms with E-state index in [4.69, 9.17) is 4.98 Å². The van der Waals surface area contributed by atoms with Gasteiger partial charge in [0.05, 0.1) is 34.2 Å². The van der Waals surface area contributed by atoms with Crippen LogP contribution in [0.25, 0.3) is 22.5 Å². The molecule has 0 saturated heterocycles. The zero-order valence-corrected chi connectivity index (χ0v) is 18.0. The van der Waals surface area contributed by atoms with Gasteiger partial charge in [0.15, 0.2) is 5.16 Å². The van der Waals surface area contributed by atoms with Crippen LogP contribution in [0.5, 0.6) is 0 Å². The molecule has 2 aromatic heterocycles. The topological polar surface area (TPSA) is 75.6 Å². The van der Waals surface area contributed by atoms with Crippen LogP contribution >= 0.6 is 11.8 Å². The number of thioether (sulfide) groups is 1. The molecule has 30 heavy (non-hydrogen) atoms.